The predicted octanol–water partition coefficient (Wildman–Crippen LogP) is -4.45. The predicted molar refractivity (Wildman–Crippen MR) is 126 cm³/mol. The number of nitrogens with two attached hydrogens (primary N) is 5. The van der Waals surface area contributed by atoms with Crippen molar-refractivity contribution in [1.82, 2.24) is 15.5 Å². The highest BCUT2D eigenvalue weighted by atomic mass is 16.4. The maximum atomic E-state index is 13.3. The van der Waals surface area contributed by atoms with Gasteiger partial charge in [-0.2, -0.15) is 0 Å². The number of carboxylic acid groups (broad SMARTS) is 1. The molecule has 0 bridgehead atoms. The van der Waals surface area contributed by atoms with Crippen molar-refractivity contribution in [3.63, 3.8) is 0 Å². The van der Waals surface area contributed by atoms with E-state index in [0.717, 1.165) is 0 Å². The minimum absolute atomic E-state index is 0.0891. The number of nitrogens with one attached hydrogen (secondary N) is 2. The summed E-state index contributed by atoms with van der Waals surface area (Å²) >= 11 is 0. The third kappa shape index (κ3) is 10.1. The highest BCUT2D eigenvalue weighted by molar-refractivity contribution is 5.95. The molecule has 0 aromatic heterocycles. The van der Waals surface area contributed by atoms with Gasteiger partial charge in [-0.1, -0.05) is 0 Å². The van der Waals surface area contributed by atoms with Gasteiger partial charge in [-0.3, -0.25) is 29.0 Å². The van der Waals surface area contributed by atoms with Crippen LogP contribution in [0.15, 0.2) is 4.99 Å². The molecule has 1 fully saturated rings. The van der Waals surface area contributed by atoms with Gasteiger partial charge in [-0.25, -0.2) is 4.79 Å². The zero-order valence-electron chi connectivity index (χ0n) is 19.9. The Bertz CT molecular complexity index is 876. The van der Waals surface area contributed by atoms with Gasteiger partial charge >= 0.3 is 5.97 Å². The van der Waals surface area contributed by atoms with E-state index in [0.29, 0.717) is 12.8 Å². The van der Waals surface area contributed by atoms with E-state index in [-0.39, 0.29) is 44.7 Å². The van der Waals surface area contributed by atoms with Gasteiger partial charge < -0.3 is 49.3 Å². The third-order valence-electron chi connectivity index (χ3n) is 5.45. The second-order valence-electron chi connectivity index (χ2n) is 8.38. The molecule has 202 valence electrons. The first-order chi connectivity index (χ1) is 16.8. The van der Waals surface area contributed by atoms with Crippen LogP contribution in [-0.2, 0) is 28.8 Å². The first kappa shape index (κ1) is 30.1. The number of amides is 5. The van der Waals surface area contributed by atoms with Gasteiger partial charge in [-0.05, 0) is 32.1 Å². The normalized spacial score (nSPS) is 17.4. The molecule has 0 aliphatic carbocycles. The molecular formula is C20H35N9O7. The summed E-state index contributed by atoms with van der Waals surface area (Å²) in [6, 6.07) is -4.77. The lowest BCUT2D eigenvalue weighted by Crippen LogP contribution is -2.57. The summed E-state index contributed by atoms with van der Waals surface area (Å²) < 4.78 is 0. The summed E-state index contributed by atoms with van der Waals surface area (Å²) in [4.78, 5) is 77.3. The van der Waals surface area contributed by atoms with E-state index in [1.165, 1.54) is 4.90 Å². The summed E-state index contributed by atoms with van der Waals surface area (Å²) in [7, 11) is 0. The number of carboxylic acids is 1. The van der Waals surface area contributed by atoms with E-state index < -0.39 is 66.1 Å². The molecule has 16 heteroatoms. The zero-order chi connectivity index (χ0) is 27.4. The van der Waals surface area contributed by atoms with E-state index >= 15 is 0 Å². The van der Waals surface area contributed by atoms with Crippen molar-refractivity contribution in [3.05, 3.63) is 0 Å². The van der Waals surface area contributed by atoms with Crippen LogP contribution in [0.4, 0.5) is 0 Å². The van der Waals surface area contributed by atoms with Crippen LogP contribution in [-0.4, -0.2) is 88.7 Å². The average Bonchev–Trinajstić information content (AvgIpc) is 3.27. The van der Waals surface area contributed by atoms with Crippen molar-refractivity contribution < 1.29 is 33.9 Å². The number of guanidine groups is 1. The molecule has 0 radical (unpaired) electrons. The minimum Gasteiger partial charge on any atom is -0.480 e. The quantitative estimate of drug-likeness (QED) is 0.0590. The Morgan fingerprint density at radius 1 is 0.972 bits per heavy atom. The second kappa shape index (κ2) is 14.4. The third-order valence-corrected chi connectivity index (χ3v) is 5.45. The Labute approximate surface area is 207 Å². The van der Waals surface area contributed by atoms with Gasteiger partial charge in [0.1, 0.15) is 18.1 Å². The molecule has 4 unspecified atom stereocenters. The van der Waals surface area contributed by atoms with Gasteiger partial charge in [0, 0.05) is 19.5 Å². The van der Waals surface area contributed by atoms with E-state index in [4.69, 9.17) is 28.7 Å². The van der Waals surface area contributed by atoms with Crippen LogP contribution in [0, 0.1) is 0 Å². The molecule has 5 amide bonds. The van der Waals surface area contributed by atoms with Gasteiger partial charge in [-0.15, -0.1) is 0 Å². The van der Waals surface area contributed by atoms with Crippen molar-refractivity contribution in [2.75, 3.05) is 13.1 Å². The molecule has 1 heterocycles. The number of likely N-dealkylation sites (tertiary alicyclic amines) is 1. The standard InChI is InChI=1S/C20H35N9O7/c21-10(9-15(23)31)16(32)27-11(3-1-7-26-20(24)25)18(34)29-8-2-4-13(29)17(33)28-12(19(35)36)5-6-14(22)30/h10-13H,1-9,21H2,(H2,22,30)(H2,23,31)(H,27,32)(H,28,33)(H,35,36)(H4,24,25,26). The van der Waals surface area contributed by atoms with Gasteiger partial charge in [0.25, 0.3) is 0 Å². The Kier molecular flexibility index (Phi) is 12.1. The fraction of sp³-hybridized carbons (Fsp3) is 0.650. The Balaban J connectivity index is 2.99. The summed E-state index contributed by atoms with van der Waals surface area (Å²) in [5.74, 6) is -5.11. The number of rotatable bonds is 15. The van der Waals surface area contributed by atoms with Crippen molar-refractivity contribution in [1.29, 1.82) is 0 Å². The Morgan fingerprint density at radius 3 is 2.19 bits per heavy atom. The molecule has 36 heavy (non-hydrogen) atoms. The lowest BCUT2D eigenvalue weighted by Gasteiger charge is -2.30. The van der Waals surface area contributed by atoms with Crippen LogP contribution in [0.3, 0.4) is 0 Å². The van der Waals surface area contributed by atoms with Crippen LogP contribution in [0.5, 0.6) is 0 Å². The van der Waals surface area contributed by atoms with Gasteiger partial charge in [0.2, 0.25) is 29.5 Å². The molecule has 1 aliphatic heterocycles. The smallest absolute Gasteiger partial charge is 0.326 e. The molecule has 1 rings (SSSR count). The SMILES string of the molecule is NC(=O)CCC(NC(=O)C1CCCN1C(=O)C(CCCN=C(N)N)NC(=O)C(N)CC(N)=O)C(=O)O. The largest absolute Gasteiger partial charge is 0.480 e. The van der Waals surface area contributed by atoms with E-state index in [9.17, 15) is 33.9 Å². The fourth-order valence-electron chi connectivity index (χ4n) is 3.66. The molecule has 1 saturated heterocycles. The van der Waals surface area contributed by atoms with Crippen LogP contribution < -0.4 is 39.3 Å². The highest BCUT2D eigenvalue weighted by Crippen LogP contribution is 2.20. The van der Waals surface area contributed by atoms with Crippen molar-refractivity contribution in [3.8, 4) is 0 Å². The maximum absolute atomic E-state index is 13.3. The van der Waals surface area contributed by atoms with Gasteiger partial charge in [0.15, 0.2) is 5.96 Å². The highest BCUT2D eigenvalue weighted by Gasteiger charge is 2.39. The monoisotopic (exact) mass is 513 g/mol. The number of aliphatic imine (C=N–C) groups is 1. The number of carbonyl (C=O) groups is 6. The number of aliphatic carboxylic acids is 1. The molecular weight excluding hydrogens is 478 g/mol. The van der Waals surface area contributed by atoms with Crippen molar-refractivity contribution in [2.24, 2.45) is 33.7 Å². The average molecular weight is 514 g/mol. The Morgan fingerprint density at radius 2 is 1.64 bits per heavy atom. The molecule has 0 aromatic rings. The molecule has 0 spiro atoms. The zero-order valence-corrected chi connectivity index (χ0v) is 19.9. The number of nitrogens with zero attached hydrogens (tertiary/aromatic N) is 2. The minimum atomic E-state index is -1.37. The lowest BCUT2D eigenvalue weighted by atomic mass is 10.1. The lowest BCUT2D eigenvalue weighted by molar-refractivity contribution is -0.145. The van der Waals surface area contributed by atoms with Crippen molar-refractivity contribution >= 4 is 41.5 Å². The molecule has 0 aromatic carbocycles. The summed E-state index contributed by atoms with van der Waals surface area (Å²) in [6.45, 7) is 0.350. The first-order valence-electron chi connectivity index (χ1n) is 11.3. The summed E-state index contributed by atoms with van der Waals surface area (Å²) in [6.07, 6.45) is 0.203. The second-order valence-corrected chi connectivity index (χ2v) is 8.38. The van der Waals surface area contributed by atoms with E-state index in [1.807, 2.05) is 0 Å². The summed E-state index contributed by atoms with van der Waals surface area (Å²) in [5, 5.41) is 14.2. The first-order valence-corrected chi connectivity index (χ1v) is 11.3. The van der Waals surface area contributed by atoms with E-state index in [2.05, 4.69) is 15.6 Å². The number of carbonyl (C=O) groups excluding carboxylic acids is 5. The molecule has 1 aliphatic rings. The van der Waals surface area contributed by atoms with Crippen LogP contribution in [0.2, 0.25) is 0 Å². The summed E-state index contributed by atoms with van der Waals surface area (Å²) in [5.41, 5.74) is 26.4. The molecule has 0 saturated carbocycles. The van der Waals surface area contributed by atoms with E-state index in [1.54, 1.807) is 0 Å². The van der Waals surface area contributed by atoms with Crippen LogP contribution in [0.25, 0.3) is 0 Å². The molecule has 13 N–H and O–H groups in total. The number of hydrogen-bond acceptors (Lipinski definition) is 8. The number of hydrogen-bond donors (Lipinski definition) is 8. The topological polar surface area (TPSA) is 292 Å². The molecule has 4 atom stereocenters. The van der Waals surface area contributed by atoms with Crippen molar-refractivity contribution in [2.45, 2.75) is 69.1 Å². The Hall–Kier alpha value is -3.95. The molecule has 16 nitrogen and oxygen atoms in total. The van der Waals surface area contributed by atoms with Crippen LogP contribution in [0.1, 0.15) is 44.9 Å². The maximum Gasteiger partial charge on any atom is 0.326 e. The fourth-order valence-corrected chi connectivity index (χ4v) is 3.66. The van der Waals surface area contributed by atoms with Crippen LogP contribution >= 0.6 is 0 Å². The van der Waals surface area contributed by atoms with Gasteiger partial charge in [0.05, 0.1) is 12.5 Å². The number of primary amides is 2.